The fraction of sp³-hybridized carbons (Fsp3) is 0.100. The first kappa shape index (κ1) is 20.9. The summed E-state index contributed by atoms with van der Waals surface area (Å²) < 4.78 is 10.4. The maximum atomic E-state index is 13.0. The predicted octanol–water partition coefficient (Wildman–Crippen LogP) is 1.88. The number of ether oxygens (including phenoxy) is 2. The average molecular weight is 430 g/mol. The maximum Gasteiger partial charge on any atom is 0.335 e. The predicted molar refractivity (Wildman–Crippen MR) is 108 cm³/mol. The minimum Gasteiger partial charge on any atom is -0.497 e. The first-order valence-corrected chi connectivity index (χ1v) is 8.94. The quantitative estimate of drug-likeness (QED) is 0.533. The highest BCUT2D eigenvalue weighted by atomic mass is 35.5. The van der Waals surface area contributed by atoms with E-state index in [-0.39, 0.29) is 22.6 Å². The van der Waals surface area contributed by atoms with E-state index in [1.54, 1.807) is 12.1 Å². The zero-order valence-corrected chi connectivity index (χ0v) is 16.4. The van der Waals surface area contributed by atoms with Gasteiger partial charge in [0, 0.05) is 10.6 Å². The van der Waals surface area contributed by atoms with E-state index in [0.717, 1.165) is 4.90 Å². The van der Waals surface area contributed by atoms with Crippen molar-refractivity contribution in [2.45, 2.75) is 0 Å². The van der Waals surface area contributed by atoms with Crippen molar-refractivity contribution < 1.29 is 28.7 Å². The van der Waals surface area contributed by atoms with Crippen LogP contribution in [-0.2, 0) is 14.4 Å². The Morgan fingerprint density at radius 2 is 1.87 bits per heavy atom. The van der Waals surface area contributed by atoms with E-state index in [9.17, 15) is 19.2 Å². The fourth-order valence-corrected chi connectivity index (χ4v) is 2.87. The molecule has 30 heavy (non-hydrogen) atoms. The van der Waals surface area contributed by atoms with Crippen molar-refractivity contribution in [2.75, 3.05) is 18.6 Å². The molecule has 0 bridgehead atoms. The van der Waals surface area contributed by atoms with Gasteiger partial charge in [-0.2, -0.15) is 0 Å². The zero-order chi connectivity index (χ0) is 21.8. The lowest BCUT2D eigenvalue weighted by Crippen LogP contribution is -2.54. The molecule has 0 aliphatic carbocycles. The van der Waals surface area contributed by atoms with Gasteiger partial charge in [0.05, 0.1) is 12.8 Å². The van der Waals surface area contributed by atoms with Gasteiger partial charge < -0.3 is 15.2 Å². The molecule has 0 saturated carbocycles. The summed E-state index contributed by atoms with van der Waals surface area (Å²) in [4.78, 5) is 49.4. The number of rotatable bonds is 6. The number of nitrogens with zero attached hydrogens (tertiary/aromatic N) is 1. The largest absolute Gasteiger partial charge is 0.497 e. The van der Waals surface area contributed by atoms with Crippen LogP contribution in [0.5, 0.6) is 11.5 Å². The Labute approximate surface area is 176 Å². The van der Waals surface area contributed by atoms with Crippen molar-refractivity contribution in [1.29, 1.82) is 0 Å². The first-order chi connectivity index (χ1) is 14.3. The van der Waals surface area contributed by atoms with Gasteiger partial charge in [-0.25, -0.2) is 9.69 Å². The lowest BCUT2D eigenvalue weighted by atomic mass is 10.1. The molecule has 0 unspecified atom stereocenters. The van der Waals surface area contributed by atoms with Crippen LogP contribution in [0.4, 0.5) is 10.5 Å². The molecule has 3 rings (SSSR count). The summed E-state index contributed by atoms with van der Waals surface area (Å²) >= 11 is 6.01. The fourth-order valence-electron chi connectivity index (χ4n) is 2.69. The van der Waals surface area contributed by atoms with Crippen molar-refractivity contribution in [3.05, 3.63) is 58.6 Å². The number of barbiturate groups is 1. The molecule has 1 aliphatic rings. The van der Waals surface area contributed by atoms with Crippen molar-refractivity contribution in [3.8, 4) is 11.5 Å². The minimum atomic E-state index is -0.886. The molecule has 2 aromatic rings. The van der Waals surface area contributed by atoms with Gasteiger partial charge in [0.2, 0.25) is 0 Å². The first-order valence-electron chi connectivity index (χ1n) is 8.56. The number of halogens is 1. The van der Waals surface area contributed by atoms with E-state index in [1.807, 2.05) is 0 Å². The molecule has 154 valence electrons. The Morgan fingerprint density at radius 1 is 1.17 bits per heavy atom. The molecule has 10 heteroatoms. The zero-order valence-electron chi connectivity index (χ0n) is 15.7. The van der Waals surface area contributed by atoms with E-state index in [0.29, 0.717) is 10.8 Å². The average Bonchev–Trinajstić information content (AvgIpc) is 2.70. The SMILES string of the molecule is COc1ccc(N2C(=O)NC(=O)/C(=C\c3cc(Cl)ccc3OCC(N)=O)C2=O)cc1. The molecule has 3 N–H and O–H groups in total. The molecule has 0 spiro atoms. The third-order valence-electron chi connectivity index (χ3n) is 4.07. The number of primary amides is 1. The van der Waals surface area contributed by atoms with Crippen LogP contribution in [0, 0.1) is 0 Å². The number of anilines is 1. The molecule has 2 aromatic carbocycles. The molecule has 1 saturated heterocycles. The molecular formula is C20H16ClN3O6. The van der Waals surface area contributed by atoms with E-state index < -0.39 is 30.4 Å². The highest BCUT2D eigenvalue weighted by Gasteiger charge is 2.37. The van der Waals surface area contributed by atoms with Crippen LogP contribution in [0.25, 0.3) is 6.08 Å². The lowest BCUT2D eigenvalue weighted by molar-refractivity contribution is -0.123. The van der Waals surface area contributed by atoms with Crippen LogP contribution in [0.15, 0.2) is 48.0 Å². The number of carbonyl (C=O) groups is 4. The van der Waals surface area contributed by atoms with Crippen molar-refractivity contribution in [2.24, 2.45) is 5.73 Å². The standard InChI is InChI=1S/C20H16ClN3O6/c1-29-14-5-3-13(4-6-14)24-19(27)15(18(26)23-20(24)28)9-11-8-12(21)2-7-16(11)30-10-17(22)25/h2-9H,10H2,1H3,(H2,22,25)(H,23,26,28)/b15-9+. The molecule has 1 aliphatic heterocycles. The highest BCUT2D eigenvalue weighted by molar-refractivity contribution is 6.39. The number of methoxy groups -OCH3 is 1. The Bertz CT molecular complexity index is 1060. The van der Waals surface area contributed by atoms with Crippen molar-refractivity contribution >= 4 is 47.1 Å². The third kappa shape index (κ3) is 4.41. The topological polar surface area (TPSA) is 128 Å². The Morgan fingerprint density at radius 3 is 2.50 bits per heavy atom. The van der Waals surface area contributed by atoms with Gasteiger partial charge in [0.1, 0.15) is 17.1 Å². The number of hydrogen-bond acceptors (Lipinski definition) is 6. The van der Waals surface area contributed by atoms with Crippen LogP contribution in [-0.4, -0.2) is 37.5 Å². The van der Waals surface area contributed by atoms with Crippen LogP contribution in [0.1, 0.15) is 5.56 Å². The van der Waals surface area contributed by atoms with E-state index in [2.05, 4.69) is 5.32 Å². The molecular weight excluding hydrogens is 414 g/mol. The number of imide groups is 2. The number of hydrogen-bond donors (Lipinski definition) is 2. The number of nitrogens with one attached hydrogen (secondary N) is 1. The van der Waals surface area contributed by atoms with Gasteiger partial charge in [-0.1, -0.05) is 11.6 Å². The minimum absolute atomic E-state index is 0.180. The highest BCUT2D eigenvalue weighted by Crippen LogP contribution is 2.28. The number of carbonyl (C=O) groups excluding carboxylic acids is 4. The summed E-state index contributed by atoms with van der Waals surface area (Å²) in [5.74, 6) is -1.71. The Balaban J connectivity index is 2.00. The van der Waals surface area contributed by atoms with E-state index in [1.165, 1.54) is 43.5 Å². The smallest absolute Gasteiger partial charge is 0.335 e. The van der Waals surface area contributed by atoms with Gasteiger partial charge in [0.25, 0.3) is 17.7 Å². The summed E-state index contributed by atoms with van der Waals surface area (Å²) in [6.45, 7) is -0.408. The third-order valence-corrected chi connectivity index (χ3v) is 4.31. The molecule has 0 radical (unpaired) electrons. The second-order valence-electron chi connectivity index (χ2n) is 6.09. The van der Waals surface area contributed by atoms with Crippen LogP contribution in [0.2, 0.25) is 5.02 Å². The molecule has 0 aromatic heterocycles. The van der Waals surface area contributed by atoms with Gasteiger partial charge in [-0.15, -0.1) is 0 Å². The molecule has 9 nitrogen and oxygen atoms in total. The van der Waals surface area contributed by atoms with Gasteiger partial charge in [-0.3, -0.25) is 19.7 Å². The van der Waals surface area contributed by atoms with Crippen LogP contribution < -0.4 is 25.4 Å². The molecule has 5 amide bonds. The Kier molecular flexibility index (Phi) is 6.03. The number of amides is 5. The number of benzene rings is 2. The maximum absolute atomic E-state index is 13.0. The van der Waals surface area contributed by atoms with Gasteiger partial charge in [-0.05, 0) is 48.5 Å². The monoisotopic (exact) mass is 429 g/mol. The van der Waals surface area contributed by atoms with Crippen LogP contribution >= 0.6 is 11.6 Å². The summed E-state index contributed by atoms with van der Waals surface area (Å²) in [6, 6.07) is 9.69. The molecule has 1 fully saturated rings. The normalized spacial score (nSPS) is 15.2. The number of nitrogens with two attached hydrogens (primary N) is 1. The van der Waals surface area contributed by atoms with E-state index in [4.69, 9.17) is 26.8 Å². The lowest BCUT2D eigenvalue weighted by Gasteiger charge is -2.26. The van der Waals surface area contributed by atoms with Crippen molar-refractivity contribution in [3.63, 3.8) is 0 Å². The summed E-state index contributed by atoms with van der Waals surface area (Å²) in [5.41, 5.74) is 5.27. The number of urea groups is 1. The summed E-state index contributed by atoms with van der Waals surface area (Å²) in [6.07, 6.45) is 1.23. The molecule has 1 heterocycles. The van der Waals surface area contributed by atoms with Crippen molar-refractivity contribution in [1.82, 2.24) is 5.32 Å². The van der Waals surface area contributed by atoms with Gasteiger partial charge in [0.15, 0.2) is 6.61 Å². The van der Waals surface area contributed by atoms with Gasteiger partial charge >= 0.3 is 6.03 Å². The summed E-state index contributed by atoms with van der Waals surface area (Å²) in [7, 11) is 1.48. The van der Waals surface area contributed by atoms with E-state index >= 15 is 0 Å². The Hall–Kier alpha value is -3.85. The van der Waals surface area contributed by atoms with Crippen LogP contribution in [0.3, 0.4) is 0 Å². The molecule has 0 atom stereocenters. The second-order valence-corrected chi connectivity index (χ2v) is 6.53. The summed E-state index contributed by atoms with van der Waals surface area (Å²) in [5, 5.41) is 2.43. The second kappa shape index (κ2) is 8.66.